The molecular formula is C17H38N2. The van der Waals surface area contributed by atoms with E-state index in [0.29, 0.717) is 5.41 Å². The van der Waals surface area contributed by atoms with Crippen molar-refractivity contribution in [1.29, 1.82) is 0 Å². The summed E-state index contributed by atoms with van der Waals surface area (Å²) < 4.78 is 0. The Morgan fingerprint density at radius 1 is 1.05 bits per heavy atom. The Hall–Kier alpha value is -0.0800. The van der Waals surface area contributed by atoms with E-state index < -0.39 is 0 Å². The molecule has 0 saturated carbocycles. The molecule has 116 valence electrons. The van der Waals surface area contributed by atoms with E-state index in [9.17, 15) is 0 Å². The van der Waals surface area contributed by atoms with E-state index in [1.165, 1.54) is 45.2 Å². The minimum Gasteiger partial charge on any atom is -0.316 e. The van der Waals surface area contributed by atoms with E-state index in [2.05, 4.69) is 51.9 Å². The maximum Gasteiger partial charge on any atom is 0.00469 e. The highest BCUT2D eigenvalue weighted by Crippen LogP contribution is 2.26. The molecule has 0 rings (SSSR count). The Morgan fingerprint density at radius 3 is 2.16 bits per heavy atom. The Balaban J connectivity index is 4.19. The van der Waals surface area contributed by atoms with Gasteiger partial charge in [0.05, 0.1) is 0 Å². The van der Waals surface area contributed by atoms with Gasteiger partial charge < -0.3 is 10.2 Å². The van der Waals surface area contributed by atoms with Gasteiger partial charge >= 0.3 is 0 Å². The van der Waals surface area contributed by atoms with Crippen molar-refractivity contribution in [2.24, 2.45) is 11.3 Å². The van der Waals surface area contributed by atoms with Crippen LogP contribution in [0.4, 0.5) is 0 Å². The van der Waals surface area contributed by atoms with Crippen LogP contribution in [0.2, 0.25) is 0 Å². The first-order valence-electron chi connectivity index (χ1n) is 8.39. The summed E-state index contributed by atoms with van der Waals surface area (Å²) in [5.74, 6) is 0.744. The van der Waals surface area contributed by atoms with E-state index >= 15 is 0 Å². The Labute approximate surface area is 122 Å². The number of nitrogens with zero attached hydrogens (tertiary/aromatic N) is 1. The molecule has 0 aliphatic carbocycles. The van der Waals surface area contributed by atoms with Crippen molar-refractivity contribution in [2.45, 2.75) is 66.7 Å². The van der Waals surface area contributed by atoms with Crippen LogP contribution >= 0.6 is 0 Å². The highest BCUT2D eigenvalue weighted by Gasteiger charge is 2.27. The van der Waals surface area contributed by atoms with Gasteiger partial charge in [0.15, 0.2) is 0 Å². The fraction of sp³-hybridized carbons (Fsp3) is 1.00. The zero-order valence-electron chi connectivity index (χ0n) is 14.4. The van der Waals surface area contributed by atoms with Crippen LogP contribution in [0.5, 0.6) is 0 Å². The second-order valence-electron chi connectivity index (χ2n) is 6.68. The van der Waals surface area contributed by atoms with E-state index in [4.69, 9.17) is 0 Å². The zero-order chi connectivity index (χ0) is 14.7. The molecule has 2 nitrogen and oxygen atoms in total. The molecule has 0 unspecified atom stereocenters. The van der Waals surface area contributed by atoms with Crippen LogP contribution in [-0.4, -0.2) is 38.1 Å². The van der Waals surface area contributed by atoms with Crippen LogP contribution in [0, 0.1) is 11.3 Å². The Kier molecular flexibility index (Phi) is 10.6. The topological polar surface area (TPSA) is 15.3 Å². The molecule has 19 heavy (non-hydrogen) atoms. The van der Waals surface area contributed by atoms with E-state index in [1.54, 1.807) is 0 Å². The van der Waals surface area contributed by atoms with Gasteiger partial charge in [0.25, 0.3) is 0 Å². The molecule has 0 saturated heterocycles. The SMILES string of the molecule is CCCCCN(C)CC(CC)(CC)CNCC(C)C. The van der Waals surface area contributed by atoms with Crippen LogP contribution in [0.3, 0.4) is 0 Å². The zero-order valence-corrected chi connectivity index (χ0v) is 14.4. The first kappa shape index (κ1) is 18.9. The number of rotatable bonds is 12. The minimum atomic E-state index is 0.454. The predicted molar refractivity (Wildman–Crippen MR) is 87.7 cm³/mol. The monoisotopic (exact) mass is 270 g/mol. The Bertz CT molecular complexity index is 197. The van der Waals surface area contributed by atoms with Crippen molar-refractivity contribution < 1.29 is 0 Å². The standard InChI is InChI=1S/C17H38N2/c1-7-10-11-12-19(6)15-17(8-2,9-3)14-18-13-16(4)5/h16,18H,7-15H2,1-6H3. The largest absolute Gasteiger partial charge is 0.316 e. The summed E-state index contributed by atoms with van der Waals surface area (Å²) in [5, 5.41) is 3.67. The third kappa shape index (κ3) is 8.65. The lowest BCUT2D eigenvalue weighted by molar-refractivity contribution is 0.152. The fourth-order valence-corrected chi connectivity index (χ4v) is 2.69. The lowest BCUT2D eigenvalue weighted by Crippen LogP contribution is -2.43. The van der Waals surface area contributed by atoms with Crippen LogP contribution in [0.1, 0.15) is 66.7 Å². The number of unbranched alkanes of at least 4 members (excludes halogenated alkanes) is 2. The van der Waals surface area contributed by atoms with E-state index in [1.807, 2.05) is 0 Å². The van der Waals surface area contributed by atoms with Crippen molar-refractivity contribution in [3.05, 3.63) is 0 Å². The summed E-state index contributed by atoms with van der Waals surface area (Å²) in [6.45, 7) is 16.3. The fourth-order valence-electron chi connectivity index (χ4n) is 2.69. The second kappa shape index (κ2) is 10.7. The summed E-state index contributed by atoms with van der Waals surface area (Å²) in [7, 11) is 2.29. The third-order valence-corrected chi connectivity index (χ3v) is 4.30. The van der Waals surface area contributed by atoms with Crippen LogP contribution in [0.15, 0.2) is 0 Å². The van der Waals surface area contributed by atoms with Gasteiger partial charge in [-0.05, 0) is 50.7 Å². The van der Waals surface area contributed by atoms with Crippen molar-refractivity contribution in [3.8, 4) is 0 Å². The smallest absolute Gasteiger partial charge is 0.00469 e. The summed E-state index contributed by atoms with van der Waals surface area (Å²) in [4.78, 5) is 2.54. The molecule has 0 aromatic carbocycles. The van der Waals surface area contributed by atoms with Gasteiger partial charge in [-0.1, -0.05) is 47.5 Å². The van der Waals surface area contributed by atoms with Crippen LogP contribution < -0.4 is 5.32 Å². The maximum absolute atomic E-state index is 3.67. The van der Waals surface area contributed by atoms with E-state index in [-0.39, 0.29) is 0 Å². The molecule has 2 heteroatoms. The summed E-state index contributed by atoms with van der Waals surface area (Å²) in [6.07, 6.45) is 6.56. The van der Waals surface area contributed by atoms with Gasteiger partial charge in [-0.3, -0.25) is 0 Å². The first-order chi connectivity index (χ1) is 8.99. The molecule has 0 heterocycles. The van der Waals surface area contributed by atoms with Crippen molar-refractivity contribution in [1.82, 2.24) is 10.2 Å². The molecule has 0 amide bonds. The quantitative estimate of drug-likeness (QED) is 0.536. The van der Waals surface area contributed by atoms with Gasteiger partial charge in [-0.15, -0.1) is 0 Å². The number of nitrogens with one attached hydrogen (secondary N) is 1. The van der Waals surface area contributed by atoms with E-state index in [0.717, 1.165) is 19.0 Å². The molecular weight excluding hydrogens is 232 g/mol. The van der Waals surface area contributed by atoms with Crippen LogP contribution in [-0.2, 0) is 0 Å². The summed E-state index contributed by atoms with van der Waals surface area (Å²) in [6, 6.07) is 0. The molecule has 0 spiro atoms. The average molecular weight is 271 g/mol. The number of hydrogen-bond acceptors (Lipinski definition) is 2. The second-order valence-corrected chi connectivity index (χ2v) is 6.68. The van der Waals surface area contributed by atoms with Gasteiger partial charge in [0.2, 0.25) is 0 Å². The molecule has 0 atom stereocenters. The summed E-state index contributed by atoms with van der Waals surface area (Å²) >= 11 is 0. The normalized spacial score (nSPS) is 12.6. The number of hydrogen-bond donors (Lipinski definition) is 1. The maximum atomic E-state index is 3.67. The minimum absolute atomic E-state index is 0.454. The molecule has 0 radical (unpaired) electrons. The molecule has 0 aromatic heterocycles. The van der Waals surface area contributed by atoms with Gasteiger partial charge in [-0.25, -0.2) is 0 Å². The summed E-state index contributed by atoms with van der Waals surface area (Å²) in [5.41, 5.74) is 0.454. The molecule has 0 aliphatic heterocycles. The third-order valence-electron chi connectivity index (χ3n) is 4.30. The van der Waals surface area contributed by atoms with Crippen LogP contribution in [0.25, 0.3) is 0 Å². The first-order valence-corrected chi connectivity index (χ1v) is 8.39. The lowest BCUT2D eigenvalue weighted by atomic mass is 9.81. The molecule has 0 fully saturated rings. The Morgan fingerprint density at radius 2 is 1.68 bits per heavy atom. The highest BCUT2D eigenvalue weighted by molar-refractivity contribution is 4.82. The van der Waals surface area contributed by atoms with Crippen molar-refractivity contribution in [3.63, 3.8) is 0 Å². The predicted octanol–water partition coefficient (Wildman–Crippen LogP) is 4.16. The highest BCUT2D eigenvalue weighted by atomic mass is 15.1. The van der Waals surface area contributed by atoms with Crippen molar-refractivity contribution >= 4 is 0 Å². The lowest BCUT2D eigenvalue weighted by Gasteiger charge is -2.36. The molecule has 0 bridgehead atoms. The van der Waals surface area contributed by atoms with Crippen molar-refractivity contribution in [2.75, 3.05) is 33.2 Å². The molecule has 0 aromatic rings. The average Bonchev–Trinajstić information content (AvgIpc) is 2.37. The van der Waals surface area contributed by atoms with Gasteiger partial charge in [0, 0.05) is 13.1 Å². The molecule has 1 N–H and O–H groups in total. The van der Waals surface area contributed by atoms with Gasteiger partial charge in [-0.2, -0.15) is 0 Å². The molecule has 0 aliphatic rings. The van der Waals surface area contributed by atoms with Gasteiger partial charge in [0.1, 0.15) is 0 Å².